The molecule has 0 bridgehead atoms. The summed E-state index contributed by atoms with van der Waals surface area (Å²) >= 11 is 1.58. The number of hydrogen-bond acceptors (Lipinski definition) is 5. The van der Waals surface area contributed by atoms with Gasteiger partial charge in [0, 0.05) is 11.1 Å². The zero-order chi connectivity index (χ0) is 16.4. The van der Waals surface area contributed by atoms with Gasteiger partial charge in [0.15, 0.2) is 0 Å². The van der Waals surface area contributed by atoms with Gasteiger partial charge >= 0.3 is 0 Å². The van der Waals surface area contributed by atoms with E-state index in [2.05, 4.69) is 15.3 Å². The molecule has 23 heavy (non-hydrogen) atoms. The van der Waals surface area contributed by atoms with E-state index in [9.17, 15) is 9.59 Å². The van der Waals surface area contributed by atoms with Gasteiger partial charge in [-0.1, -0.05) is 12.1 Å². The van der Waals surface area contributed by atoms with Crippen LogP contribution in [0.1, 0.15) is 16.2 Å². The highest BCUT2D eigenvalue weighted by Gasteiger charge is 2.11. The highest BCUT2D eigenvalue weighted by atomic mass is 32.1. The van der Waals surface area contributed by atoms with Crippen LogP contribution in [0.15, 0.2) is 35.7 Å². The minimum Gasteiger partial charge on any atom is -0.368 e. The molecule has 0 atom stereocenters. The molecule has 0 aliphatic heterocycles. The number of nitrogens with two attached hydrogens (primary N) is 1. The van der Waals surface area contributed by atoms with Crippen LogP contribution < -0.4 is 11.1 Å². The molecule has 0 radical (unpaired) electrons. The molecule has 2 heterocycles. The summed E-state index contributed by atoms with van der Waals surface area (Å²) in [5.74, 6) is -0.212. The van der Waals surface area contributed by atoms with Crippen LogP contribution in [0.5, 0.6) is 0 Å². The lowest BCUT2D eigenvalue weighted by Crippen LogP contribution is -2.33. The number of fused-ring (bicyclic) bond motifs is 1. The van der Waals surface area contributed by atoms with E-state index in [0.717, 1.165) is 21.5 Å². The summed E-state index contributed by atoms with van der Waals surface area (Å²) in [5, 5.41) is 4.44. The molecule has 3 rings (SSSR count). The number of nitrogens with zero attached hydrogens (tertiary/aromatic N) is 2. The van der Waals surface area contributed by atoms with Gasteiger partial charge in [-0.3, -0.25) is 9.59 Å². The zero-order valence-corrected chi connectivity index (χ0v) is 13.2. The number of carbonyl (C=O) groups is 2. The van der Waals surface area contributed by atoms with E-state index in [0.29, 0.717) is 11.4 Å². The van der Waals surface area contributed by atoms with Crippen LogP contribution in [-0.2, 0) is 4.79 Å². The maximum Gasteiger partial charge on any atom is 0.251 e. The molecule has 1 aromatic carbocycles. The highest BCUT2D eigenvalue weighted by molar-refractivity contribution is 7.17. The fraction of sp³-hybridized carbons (Fsp3) is 0.125. The van der Waals surface area contributed by atoms with E-state index in [1.807, 2.05) is 30.5 Å². The predicted octanol–water partition coefficient (Wildman–Crippen LogP) is 1.88. The van der Waals surface area contributed by atoms with E-state index >= 15 is 0 Å². The van der Waals surface area contributed by atoms with Crippen molar-refractivity contribution in [2.75, 3.05) is 6.54 Å². The first-order valence-electron chi connectivity index (χ1n) is 6.93. The number of carbonyl (C=O) groups excluding carboxylic acids is 2. The largest absolute Gasteiger partial charge is 0.368 e. The summed E-state index contributed by atoms with van der Waals surface area (Å²) < 4.78 is 1.02. The zero-order valence-electron chi connectivity index (χ0n) is 12.4. The third kappa shape index (κ3) is 3.19. The first-order valence-corrected chi connectivity index (χ1v) is 7.81. The minimum atomic E-state index is -0.577. The number of hydrogen-bond donors (Lipinski definition) is 2. The van der Waals surface area contributed by atoms with Crippen LogP contribution in [0.25, 0.3) is 21.5 Å². The van der Waals surface area contributed by atoms with E-state index in [-0.39, 0.29) is 12.5 Å². The van der Waals surface area contributed by atoms with Gasteiger partial charge in [0.05, 0.1) is 22.5 Å². The lowest BCUT2D eigenvalue weighted by molar-refractivity contribution is -0.117. The Morgan fingerprint density at radius 3 is 2.61 bits per heavy atom. The molecular formula is C16H14N4O2S. The third-order valence-electron chi connectivity index (χ3n) is 3.26. The van der Waals surface area contributed by atoms with Crippen molar-refractivity contribution in [2.45, 2.75) is 6.92 Å². The number of benzene rings is 1. The molecule has 7 heteroatoms. The molecule has 6 nitrogen and oxygen atoms in total. The van der Waals surface area contributed by atoms with Crippen molar-refractivity contribution in [1.29, 1.82) is 0 Å². The smallest absolute Gasteiger partial charge is 0.251 e. The lowest BCUT2D eigenvalue weighted by Gasteiger charge is -2.06. The molecule has 0 saturated heterocycles. The van der Waals surface area contributed by atoms with Gasteiger partial charge in [0.1, 0.15) is 5.82 Å². The number of thiophene rings is 1. The topological polar surface area (TPSA) is 98.0 Å². The van der Waals surface area contributed by atoms with Gasteiger partial charge in [-0.15, -0.1) is 11.3 Å². The number of rotatable bonds is 4. The first-order chi connectivity index (χ1) is 11.0. The second-order valence-corrected chi connectivity index (χ2v) is 5.90. The van der Waals surface area contributed by atoms with Crippen molar-refractivity contribution in [2.24, 2.45) is 5.73 Å². The van der Waals surface area contributed by atoms with Crippen molar-refractivity contribution in [3.05, 3.63) is 47.1 Å². The van der Waals surface area contributed by atoms with E-state index in [4.69, 9.17) is 5.73 Å². The molecule has 2 aromatic heterocycles. The van der Waals surface area contributed by atoms with Gasteiger partial charge in [-0.25, -0.2) is 9.97 Å². The van der Waals surface area contributed by atoms with Crippen LogP contribution >= 0.6 is 11.3 Å². The molecule has 116 valence electrons. The summed E-state index contributed by atoms with van der Waals surface area (Å²) in [6.07, 6.45) is 0. The van der Waals surface area contributed by atoms with Gasteiger partial charge in [0.2, 0.25) is 5.91 Å². The van der Waals surface area contributed by atoms with Crippen LogP contribution in [0.2, 0.25) is 0 Å². The van der Waals surface area contributed by atoms with Crippen molar-refractivity contribution in [3.63, 3.8) is 0 Å². The Morgan fingerprint density at radius 2 is 1.91 bits per heavy atom. The molecular weight excluding hydrogens is 312 g/mol. The Bertz CT molecular complexity index is 887. The Morgan fingerprint density at radius 1 is 1.17 bits per heavy atom. The van der Waals surface area contributed by atoms with Crippen LogP contribution in [0.4, 0.5) is 0 Å². The fourth-order valence-electron chi connectivity index (χ4n) is 2.22. The van der Waals surface area contributed by atoms with Gasteiger partial charge in [-0.05, 0) is 30.5 Å². The number of amides is 2. The number of primary amides is 1. The van der Waals surface area contributed by atoms with E-state index in [1.54, 1.807) is 23.5 Å². The molecule has 3 N–H and O–H groups in total. The summed E-state index contributed by atoms with van der Waals surface area (Å²) in [5.41, 5.74) is 8.15. The van der Waals surface area contributed by atoms with Crippen LogP contribution in [0, 0.1) is 6.92 Å². The average Bonchev–Trinajstić information content (AvgIpc) is 3.00. The first kappa shape index (κ1) is 15.1. The summed E-state index contributed by atoms with van der Waals surface area (Å²) in [6.45, 7) is 1.67. The molecule has 0 spiro atoms. The monoisotopic (exact) mass is 326 g/mol. The number of nitrogens with one attached hydrogen (secondary N) is 1. The molecule has 0 fully saturated rings. The molecule has 0 aliphatic carbocycles. The Kier molecular flexibility index (Phi) is 4.03. The van der Waals surface area contributed by atoms with E-state index < -0.39 is 5.91 Å². The number of aromatic nitrogens is 2. The van der Waals surface area contributed by atoms with Crippen LogP contribution in [0.3, 0.4) is 0 Å². The molecule has 0 unspecified atom stereocenters. The van der Waals surface area contributed by atoms with Gasteiger partial charge < -0.3 is 11.1 Å². The second-order valence-electron chi connectivity index (χ2n) is 4.98. The molecule has 2 amide bonds. The molecule has 0 aliphatic rings. The summed E-state index contributed by atoms with van der Waals surface area (Å²) in [4.78, 5) is 31.5. The number of aryl methyl sites for hydroxylation is 1. The van der Waals surface area contributed by atoms with E-state index in [1.165, 1.54) is 0 Å². The standard InChI is InChI=1S/C16H14N4O2S/c1-9-19-12-6-7-23-15(12)14(20-9)10-2-4-11(5-3-10)16(22)18-8-13(17)21/h2-7H,8H2,1H3,(H2,17,21)(H,18,22). The van der Waals surface area contributed by atoms with Crippen molar-refractivity contribution < 1.29 is 9.59 Å². The van der Waals surface area contributed by atoms with Gasteiger partial charge in [0.25, 0.3) is 5.91 Å². The summed E-state index contributed by atoms with van der Waals surface area (Å²) in [7, 11) is 0. The minimum absolute atomic E-state index is 0.179. The molecule has 3 aromatic rings. The Hall–Kier alpha value is -2.80. The van der Waals surface area contributed by atoms with Crippen molar-refractivity contribution in [3.8, 4) is 11.3 Å². The SMILES string of the molecule is Cc1nc(-c2ccc(C(=O)NCC(N)=O)cc2)c2sccc2n1. The average molecular weight is 326 g/mol. The second kappa shape index (κ2) is 6.13. The molecule has 0 saturated carbocycles. The quantitative estimate of drug-likeness (QED) is 0.765. The summed E-state index contributed by atoms with van der Waals surface area (Å²) in [6, 6.07) is 9.02. The Labute approximate surface area is 136 Å². The van der Waals surface area contributed by atoms with Gasteiger partial charge in [-0.2, -0.15) is 0 Å². The third-order valence-corrected chi connectivity index (χ3v) is 4.17. The van der Waals surface area contributed by atoms with Crippen molar-refractivity contribution >= 4 is 33.4 Å². The van der Waals surface area contributed by atoms with Crippen LogP contribution in [-0.4, -0.2) is 28.3 Å². The maximum absolute atomic E-state index is 11.9. The maximum atomic E-state index is 11.9. The predicted molar refractivity (Wildman–Crippen MR) is 89.1 cm³/mol. The highest BCUT2D eigenvalue weighted by Crippen LogP contribution is 2.30. The Balaban J connectivity index is 1.91. The lowest BCUT2D eigenvalue weighted by atomic mass is 10.1. The van der Waals surface area contributed by atoms with Crippen molar-refractivity contribution in [1.82, 2.24) is 15.3 Å². The normalized spacial score (nSPS) is 10.7. The fourth-order valence-corrected chi connectivity index (χ4v) is 3.07.